The predicted octanol–water partition coefficient (Wildman–Crippen LogP) is 12.0. The van der Waals surface area contributed by atoms with Crippen LogP contribution in [0.1, 0.15) is 181 Å². The van der Waals surface area contributed by atoms with Crippen molar-refractivity contribution in [1.29, 1.82) is 0 Å². The van der Waals surface area contributed by atoms with Gasteiger partial charge >= 0.3 is 5.97 Å². The van der Waals surface area contributed by atoms with Gasteiger partial charge in [0.1, 0.15) is 19.3 Å². The van der Waals surface area contributed by atoms with Crippen molar-refractivity contribution in [2.24, 2.45) is 0 Å². The summed E-state index contributed by atoms with van der Waals surface area (Å²) in [6, 6.07) is 0. The topological polar surface area (TPSA) is 94.1 Å². The van der Waals surface area contributed by atoms with E-state index >= 15 is 0 Å². The average Bonchev–Trinajstić information content (AvgIpc) is 3.11. The maximum Gasteiger partial charge on any atom is 0.306 e. The van der Waals surface area contributed by atoms with Crippen LogP contribution in [-0.4, -0.2) is 70.7 Å². The van der Waals surface area contributed by atoms with E-state index in [-0.39, 0.29) is 25.8 Å². The van der Waals surface area contributed by atoms with E-state index in [1.165, 1.54) is 116 Å². The molecule has 2 atom stereocenters. The summed E-state index contributed by atoms with van der Waals surface area (Å²) in [5, 5.41) is 0. The molecule has 0 saturated carbocycles. The maximum atomic E-state index is 12.6. The number of carbonyl (C=O) groups excluding carboxylic acids is 1. The van der Waals surface area contributed by atoms with E-state index in [9.17, 15) is 14.3 Å². The molecular weight excluding hydrogens is 685 g/mol. The Bertz CT molecular complexity index is 947. The molecule has 8 nitrogen and oxygen atoms in total. The number of esters is 1. The molecule has 0 aromatic carbocycles. The van der Waals surface area contributed by atoms with Crippen LogP contribution in [0.3, 0.4) is 0 Å². The van der Waals surface area contributed by atoms with E-state index in [0.29, 0.717) is 24.1 Å². The first-order valence-corrected chi connectivity index (χ1v) is 23.2. The summed E-state index contributed by atoms with van der Waals surface area (Å²) in [4.78, 5) is 24.9. The highest BCUT2D eigenvalue weighted by molar-refractivity contribution is 7.45. The lowest BCUT2D eigenvalue weighted by Gasteiger charge is -2.28. The Labute approximate surface area is 327 Å². The number of ether oxygens (including phenoxy) is 2. The Morgan fingerprint density at radius 1 is 0.585 bits per heavy atom. The van der Waals surface area contributed by atoms with Crippen LogP contribution < -0.4 is 4.89 Å². The summed E-state index contributed by atoms with van der Waals surface area (Å²) in [7, 11) is 1.35. The molecule has 0 aromatic rings. The molecular formula is C44H84NO7P. The van der Waals surface area contributed by atoms with Crippen LogP contribution in [0.2, 0.25) is 0 Å². The van der Waals surface area contributed by atoms with Gasteiger partial charge in [0.05, 0.1) is 34.4 Å². The standard InChI is InChI=1S/C44H84NO7P/c1-6-8-10-12-14-15-16-17-18-19-20-21-22-23-24-25-26-27-28-29-30-31-32-33-35-37-44(46)52-43(41-49-39-36-34-13-11-9-7-2)42-51-53(47,48)50-40-38-45(3,4)5/h16-17,19-20,22-23,43H,6-15,18,21,24-42H2,1-5H3/b17-16-,20-19-,23-22-. The summed E-state index contributed by atoms with van der Waals surface area (Å²) in [5.74, 6) is -0.341. The molecule has 0 rings (SSSR count). The number of rotatable bonds is 40. The fourth-order valence-electron chi connectivity index (χ4n) is 5.79. The van der Waals surface area contributed by atoms with Crippen LogP contribution in [0, 0.1) is 0 Å². The van der Waals surface area contributed by atoms with E-state index in [1.54, 1.807) is 0 Å². The minimum atomic E-state index is -4.51. The van der Waals surface area contributed by atoms with Gasteiger partial charge in [0.25, 0.3) is 7.82 Å². The fraction of sp³-hybridized carbons (Fsp3) is 0.841. The highest BCUT2D eigenvalue weighted by atomic mass is 31.2. The lowest BCUT2D eigenvalue weighted by Crippen LogP contribution is -2.37. The number of nitrogens with zero attached hydrogens (tertiary/aromatic N) is 1. The van der Waals surface area contributed by atoms with Crippen molar-refractivity contribution in [3.8, 4) is 0 Å². The number of allylic oxidation sites excluding steroid dienone is 6. The molecule has 312 valence electrons. The smallest absolute Gasteiger partial charge is 0.306 e. The number of likely N-dealkylation sites (N-methyl/N-ethyl adjacent to an activating group) is 1. The molecule has 0 fully saturated rings. The van der Waals surface area contributed by atoms with Gasteiger partial charge in [-0.25, -0.2) is 0 Å². The van der Waals surface area contributed by atoms with Crippen molar-refractivity contribution in [3.63, 3.8) is 0 Å². The van der Waals surface area contributed by atoms with Crippen LogP contribution >= 0.6 is 7.82 Å². The first-order valence-electron chi connectivity index (χ1n) is 21.7. The normalized spacial score (nSPS) is 14.2. The minimum Gasteiger partial charge on any atom is -0.756 e. The van der Waals surface area contributed by atoms with Crippen molar-refractivity contribution in [2.45, 2.75) is 187 Å². The van der Waals surface area contributed by atoms with Crippen molar-refractivity contribution < 1.29 is 37.3 Å². The van der Waals surface area contributed by atoms with E-state index in [1.807, 2.05) is 21.1 Å². The van der Waals surface area contributed by atoms with Gasteiger partial charge in [-0.15, -0.1) is 0 Å². The van der Waals surface area contributed by atoms with Crippen molar-refractivity contribution in [1.82, 2.24) is 0 Å². The highest BCUT2D eigenvalue weighted by Gasteiger charge is 2.20. The number of quaternary nitrogens is 1. The monoisotopic (exact) mass is 770 g/mol. The number of carbonyl (C=O) groups is 1. The number of hydrogen-bond acceptors (Lipinski definition) is 7. The zero-order chi connectivity index (χ0) is 39.1. The Morgan fingerprint density at radius 2 is 1.04 bits per heavy atom. The first-order chi connectivity index (χ1) is 25.6. The molecule has 0 saturated heterocycles. The third-order valence-electron chi connectivity index (χ3n) is 9.19. The number of hydrogen-bond donors (Lipinski definition) is 0. The molecule has 0 aromatic heterocycles. The quantitative estimate of drug-likeness (QED) is 0.0201. The number of unbranched alkanes of at least 4 members (excludes halogenated alkanes) is 20. The molecule has 0 spiro atoms. The van der Waals surface area contributed by atoms with E-state index < -0.39 is 13.9 Å². The van der Waals surface area contributed by atoms with Gasteiger partial charge < -0.3 is 27.9 Å². The summed E-state index contributed by atoms with van der Waals surface area (Å²) in [5.41, 5.74) is 0. The van der Waals surface area contributed by atoms with Gasteiger partial charge in [0.2, 0.25) is 0 Å². The van der Waals surface area contributed by atoms with E-state index in [0.717, 1.165) is 44.9 Å². The van der Waals surface area contributed by atoms with Crippen LogP contribution in [-0.2, 0) is 27.9 Å². The van der Waals surface area contributed by atoms with Crippen molar-refractivity contribution >= 4 is 13.8 Å². The van der Waals surface area contributed by atoms with Gasteiger partial charge in [0.15, 0.2) is 0 Å². The molecule has 0 radical (unpaired) electrons. The van der Waals surface area contributed by atoms with Crippen LogP contribution in [0.4, 0.5) is 0 Å². The molecule has 0 aliphatic carbocycles. The summed E-state index contributed by atoms with van der Waals surface area (Å²) in [6.45, 7) is 5.35. The Balaban J connectivity index is 4.00. The van der Waals surface area contributed by atoms with Crippen LogP contribution in [0.25, 0.3) is 0 Å². The molecule has 0 amide bonds. The van der Waals surface area contributed by atoms with Gasteiger partial charge in [-0.2, -0.15) is 0 Å². The van der Waals surface area contributed by atoms with Crippen LogP contribution in [0.5, 0.6) is 0 Å². The number of phosphoric acid groups is 1. The molecule has 0 N–H and O–H groups in total. The lowest BCUT2D eigenvalue weighted by atomic mass is 10.0. The molecule has 0 heterocycles. The van der Waals surface area contributed by atoms with E-state index in [4.69, 9.17) is 18.5 Å². The molecule has 0 bridgehead atoms. The molecule has 53 heavy (non-hydrogen) atoms. The summed E-state index contributed by atoms with van der Waals surface area (Å²) in [6.07, 6.45) is 43.2. The third kappa shape index (κ3) is 41.7. The lowest BCUT2D eigenvalue weighted by molar-refractivity contribution is -0.870. The fourth-order valence-corrected chi connectivity index (χ4v) is 6.52. The summed E-state index contributed by atoms with van der Waals surface area (Å²) >= 11 is 0. The second-order valence-corrected chi connectivity index (χ2v) is 17.1. The largest absolute Gasteiger partial charge is 0.756 e. The van der Waals surface area contributed by atoms with E-state index in [2.05, 4.69) is 50.3 Å². The van der Waals surface area contributed by atoms with Crippen LogP contribution in [0.15, 0.2) is 36.5 Å². The minimum absolute atomic E-state index is 0.0254. The highest BCUT2D eigenvalue weighted by Crippen LogP contribution is 2.38. The maximum absolute atomic E-state index is 12.6. The third-order valence-corrected chi connectivity index (χ3v) is 10.2. The number of phosphoric ester groups is 1. The predicted molar refractivity (Wildman–Crippen MR) is 222 cm³/mol. The van der Waals surface area contributed by atoms with Crippen molar-refractivity contribution in [2.75, 3.05) is 54.1 Å². The zero-order valence-corrected chi connectivity index (χ0v) is 36.1. The first kappa shape index (κ1) is 51.7. The van der Waals surface area contributed by atoms with Gasteiger partial charge in [-0.3, -0.25) is 9.36 Å². The van der Waals surface area contributed by atoms with Gasteiger partial charge in [-0.1, -0.05) is 159 Å². The average molecular weight is 770 g/mol. The SMILES string of the molecule is CCCCCCC/C=C\C/C=C\C/C=C\CCCCCCCCCCCCC(=O)OC(COCCCCCCCC)COP(=O)([O-])OCC[N+](C)(C)C. The second-order valence-electron chi connectivity index (χ2n) is 15.7. The Morgan fingerprint density at radius 3 is 1.55 bits per heavy atom. The Kier molecular flexibility index (Phi) is 36.7. The van der Waals surface area contributed by atoms with Gasteiger partial charge in [-0.05, 0) is 51.4 Å². The zero-order valence-electron chi connectivity index (χ0n) is 35.2. The second kappa shape index (κ2) is 37.6. The van der Waals surface area contributed by atoms with Crippen molar-refractivity contribution in [3.05, 3.63) is 36.5 Å². The Hall–Kier alpha value is -1.28. The molecule has 2 unspecified atom stereocenters. The summed E-state index contributed by atoms with van der Waals surface area (Å²) < 4.78 is 34.3. The molecule has 0 aliphatic heterocycles. The molecule has 0 aliphatic rings. The molecule has 9 heteroatoms. The van der Waals surface area contributed by atoms with Gasteiger partial charge in [0, 0.05) is 13.0 Å².